The van der Waals surface area contributed by atoms with Crippen LogP contribution in [0.3, 0.4) is 0 Å². The third kappa shape index (κ3) is 1.26. The molecule has 1 saturated carbocycles. The first-order valence-corrected chi connectivity index (χ1v) is 3.49. The fourth-order valence-electron chi connectivity index (χ4n) is 1.11. The molecule has 0 aromatic carbocycles. The second-order valence-corrected chi connectivity index (χ2v) is 2.46. The van der Waals surface area contributed by atoms with Gasteiger partial charge in [0.15, 0.2) is 0 Å². The smallest absolute Gasteiger partial charge is 0.0352 e. The molecule has 2 rings (SSSR count). The van der Waals surface area contributed by atoms with Crippen molar-refractivity contribution >= 4 is 0 Å². The van der Waals surface area contributed by atoms with Crippen molar-refractivity contribution in [2.75, 3.05) is 0 Å². The summed E-state index contributed by atoms with van der Waals surface area (Å²) in [6.45, 7) is 1.06. The lowest BCUT2D eigenvalue weighted by molar-refractivity contribution is 0.383. The Balaban J connectivity index is 2.90. The molecule has 0 aromatic heterocycles. The van der Waals surface area contributed by atoms with Crippen LogP contribution in [-0.4, -0.2) is 0 Å². The first-order chi connectivity index (χ1) is 9.09. The number of allylic oxidation sites excluding steroid dienone is 4. The summed E-state index contributed by atoms with van der Waals surface area (Å²) >= 11 is 0. The average Bonchev–Trinajstić information content (AvgIpc) is 2.30. The van der Waals surface area contributed by atoms with Gasteiger partial charge < -0.3 is 0 Å². The molecule has 0 amide bonds. The van der Waals surface area contributed by atoms with Gasteiger partial charge in [0.2, 0.25) is 0 Å². The topological polar surface area (TPSA) is 0 Å². The van der Waals surface area contributed by atoms with E-state index in [2.05, 4.69) is 0 Å². The molecule has 2 atom stereocenters. The van der Waals surface area contributed by atoms with Crippen molar-refractivity contribution in [3.05, 3.63) is 23.8 Å². The predicted octanol–water partition coefficient (Wildman–Crippen LogP) is 3.31. The lowest BCUT2D eigenvalue weighted by Crippen LogP contribution is -2.18. The van der Waals surface area contributed by atoms with Crippen LogP contribution in [0.1, 0.15) is 46.1 Å². The van der Waals surface area contributed by atoms with Crippen LogP contribution in [0.5, 0.6) is 0 Å². The third-order valence-corrected chi connectivity index (χ3v) is 1.70. The Labute approximate surface area is 83.0 Å². The Morgan fingerprint density at radius 1 is 1.64 bits per heavy atom. The van der Waals surface area contributed by atoms with Crippen molar-refractivity contribution in [2.45, 2.75) is 32.4 Å². The lowest BCUT2D eigenvalue weighted by Gasteiger charge is -2.31. The monoisotopic (exact) mass is 158 g/mol. The molecule has 0 bridgehead atoms. The van der Waals surface area contributed by atoms with Crippen LogP contribution >= 0.6 is 0 Å². The largest absolute Gasteiger partial charge is 0.0839 e. The molecule has 0 heteroatoms. The van der Waals surface area contributed by atoms with Crippen LogP contribution in [0.25, 0.3) is 0 Å². The zero-order valence-electron chi connectivity index (χ0n) is 16.2. The summed E-state index contributed by atoms with van der Waals surface area (Å²) in [5, 5.41) is 0. The molecule has 2 aliphatic carbocycles. The summed E-state index contributed by atoms with van der Waals surface area (Å²) in [7, 11) is 0. The molecule has 0 nitrogen and oxygen atoms in total. The van der Waals surface area contributed by atoms with Gasteiger partial charge in [-0.2, -0.15) is 0 Å². The van der Waals surface area contributed by atoms with Gasteiger partial charge in [-0.15, -0.1) is 0 Å². The maximum absolute atomic E-state index is 8.37. The van der Waals surface area contributed by atoms with Gasteiger partial charge >= 0.3 is 0 Å². The van der Waals surface area contributed by atoms with Gasteiger partial charge in [-0.3, -0.25) is 0 Å². The van der Waals surface area contributed by atoms with Gasteiger partial charge in [0.05, 0.1) is 0 Å². The Bertz CT molecular complexity index is 541. The van der Waals surface area contributed by atoms with Crippen molar-refractivity contribution in [3.8, 4) is 0 Å². The maximum atomic E-state index is 8.37. The van der Waals surface area contributed by atoms with E-state index in [0.717, 1.165) is 19.1 Å². The van der Waals surface area contributed by atoms with Crippen LogP contribution < -0.4 is 0 Å². The van der Waals surface area contributed by atoms with E-state index in [1.165, 1.54) is 6.08 Å². The van der Waals surface area contributed by atoms with Crippen LogP contribution in [0.2, 0.25) is 0 Å². The summed E-state index contributed by atoms with van der Waals surface area (Å²) in [4.78, 5) is 0. The molecule has 0 aromatic rings. The van der Waals surface area contributed by atoms with Crippen molar-refractivity contribution in [2.24, 2.45) is 11.8 Å². The first kappa shape index (κ1) is 2.04. The lowest BCUT2D eigenvalue weighted by atomic mass is 9.74. The maximum Gasteiger partial charge on any atom is 0.0352 e. The van der Waals surface area contributed by atoms with E-state index in [1.54, 1.807) is 0 Å². The molecule has 2 unspecified atom stereocenters. The highest BCUT2D eigenvalue weighted by Crippen LogP contribution is 2.37. The summed E-state index contributed by atoms with van der Waals surface area (Å²) < 4.78 is 80.0. The minimum Gasteiger partial charge on any atom is -0.0839 e. The highest BCUT2D eigenvalue weighted by molar-refractivity contribution is 5.23. The predicted molar refractivity (Wildman–Crippen MR) is 48.3 cm³/mol. The van der Waals surface area contributed by atoms with E-state index in [4.69, 9.17) is 13.7 Å². The number of hydrogen-bond donors (Lipinski definition) is 0. The van der Waals surface area contributed by atoms with Crippen LogP contribution in [0.4, 0.5) is 0 Å². The molecule has 11 heavy (non-hydrogen) atoms. The van der Waals surface area contributed by atoms with Crippen molar-refractivity contribution in [1.82, 2.24) is 0 Å². The molecule has 0 aliphatic heterocycles. The molecule has 0 heterocycles. The van der Waals surface area contributed by atoms with Gasteiger partial charge in [-0.25, -0.2) is 0 Å². The van der Waals surface area contributed by atoms with Crippen molar-refractivity contribution in [3.63, 3.8) is 0 Å². The molecule has 1 fully saturated rings. The fraction of sp³-hybridized carbons (Fsp3) is 0.636. The molecular formula is C11H16. The standard InChI is InChI=1S/C11H16/c1-9-5-4-7-10-6-2-3-8-11(9)10/h2-3,8-10H,4-7H2,1H3/i4D2,5D2,6D2,7D2,9D,10D. The Hall–Kier alpha value is -0.520. The molecule has 0 radical (unpaired) electrons. The minimum absolute atomic E-state index is 0.396. The van der Waals surface area contributed by atoms with Crippen molar-refractivity contribution < 1.29 is 13.7 Å². The normalized spacial score (nSPS) is 81.4. The highest BCUT2D eigenvalue weighted by Gasteiger charge is 2.23. The average molecular weight is 158 g/mol. The Morgan fingerprint density at radius 3 is 3.45 bits per heavy atom. The summed E-state index contributed by atoms with van der Waals surface area (Å²) in [5.74, 6) is -5.00. The van der Waals surface area contributed by atoms with E-state index < -0.39 is 42.9 Å². The zero-order chi connectivity index (χ0) is 16.7. The van der Waals surface area contributed by atoms with Crippen LogP contribution in [-0.2, 0) is 0 Å². The second-order valence-electron chi connectivity index (χ2n) is 2.46. The minimum atomic E-state index is -3.21. The van der Waals surface area contributed by atoms with Gasteiger partial charge in [0, 0.05) is 13.7 Å². The Kier molecular flexibility index (Phi) is 0.528. The van der Waals surface area contributed by atoms with E-state index in [-0.39, 0.29) is 0 Å². The molecule has 0 saturated heterocycles. The van der Waals surface area contributed by atoms with Gasteiger partial charge in [-0.1, -0.05) is 37.1 Å². The summed E-state index contributed by atoms with van der Waals surface area (Å²) in [5.41, 5.74) is -0.396. The summed E-state index contributed by atoms with van der Waals surface area (Å²) in [6.07, 6.45) is -8.53. The van der Waals surface area contributed by atoms with E-state index in [1.807, 2.05) is 0 Å². The number of hydrogen-bond acceptors (Lipinski definition) is 0. The first-order valence-electron chi connectivity index (χ1n) is 8.49. The van der Waals surface area contributed by atoms with Gasteiger partial charge in [-0.05, 0) is 30.9 Å². The van der Waals surface area contributed by atoms with Crippen molar-refractivity contribution in [1.29, 1.82) is 0 Å². The Morgan fingerprint density at radius 2 is 2.55 bits per heavy atom. The van der Waals surface area contributed by atoms with Gasteiger partial charge in [0.25, 0.3) is 0 Å². The zero-order valence-corrected chi connectivity index (χ0v) is 6.23. The SMILES string of the molecule is [2H]C1([2H])C=CC=C2C([2H])(C)C([2H])([2H])C([2H])([2H])C([2H])([2H])C21[2H]. The molecule has 60 valence electrons. The summed E-state index contributed by atoms with van der Waals surface area (Å²) in [6, 6.07) is 0. The molecule has 0 N–H and O–H groups in total. The van der Waals surface area contributed by atoms with Crippen LogP contribution in [0, 0.1) is 11.8 Å². The van der Waals surface area contributed by atoms with E-state index in [9.17, 15) is 0 Å². The molecular weight excluding hydrogens is 132 g/mol. The van der Waals surface area contributed by atoms with Crippen LogP contribution in [0.15, 0.2) is 23.8 Å². The fourth-order valence-corrected chi connectivity index (χ4v) is 1.11. The van der Waals surface area contributed by atoms with Gasteiger partial charge in [0.1, 0.15) is 0 Å². The number of rotatable bonds is 0. The number of fused-ring (bicyclic) bond motifs is 1. The quantitative estimate of drug-likeness (QED) is 0.507. The third-order valence-electron chi connectivity index (χ3n) is 1.70. The second kappa shape index (κ2) is 2.84. The molecule has 0 spiro atoms. The molecule has 2 aliphatic rings. The van der Waals surface area contributed by atoms with E-state index >= 15 is 0 Å². The van der Waals surface area contributed by atoms with E-state index in [0.29, 0.717) is 0 Å². The highest BCUT2D eigenvalue weighted by atomic mass is 14.3.